The van der Waals surface area contributed by atoms with E-state index in [9.17, 15) is 0 Å². The van der Waals surface area contributed by atoms with E-state index in [0.29, 0.717) is 6.04 Å². The highest BCUT2D eigenvalue weighted by atomic mass is 15.2. The van der Waals surface area contributed by atoms with Crippen molar-refractivity contribution in [2.45, 2.75) is 32.2 Å². The van der Waals surface area contributed by atoms with Crippen molar-refractivity contribution in [3.05, 3.63) is 30.1 Å². The SMILES string of the molecule is CCNC1CCCN(CCc2ccncc2)C1. The minimum absolute atomic E-state index is 0.700. The van der Waals surface area contributed by atoms with Crippen LogP contribution in [0.15, 0.2) is 24.5 Å². The highest BCUT2D eigenvalue weighted by Crippen LogP contribution is 2.10. The van der Waals surface area contributed by atoms with E-state index in [0.717, 1.165) is 13.0 Å². The van der Waals surface area contributed by atoms with Gasteiger partial charge in [-0.3, -0.25) is 4.98 Å². The molecule has 2 rings (SSSR count). The molecule has 94 valence electrons. The number of rotatable bonds is 5. The summed E-state index contributed by atoms with van der Waals surface area (Å²) in [4.78, 5) is 6.63. The van der Waals surface area contributed by atoms with E-state index in [-0.39, 0.29) is 0 Å². The number of likely N-dealkylation sites (tertiary alicyclic amines) is 1. The van der Waals surface area contributed by atoms with Crippen LogP contribution in [-0.4, -0.2) is 42.1 Å². The third kappa shape index (κ3) is 4.10. The molecule has 1 saturated heterocycles. The summed E-state index contributed by atoms with van der Waals surface area (Å²) in [6, 6.07) is 4.93. The lowest BCUT2D eigenvalue weighted by atomic mass is 10.0. The summed E-state index contributed by atoms with van der Waals surface area (Å²) in [5.74, 6) is 0. The van der Waals surface area contributed by atoms with Crippen LogP contribution in [0.25, 0.3) is 0 Å². The molecule has 0 radical (unpaired) electrons. The average Bonchev–Trinajstić information content (AvgIpc) is 2.39. The van der Waals surface area contributed by atoms with Gasteiger partial charge in [-0.25, -0.2) is 0 Å². The van der Waals surface area contributed by atoms with E-state index < -0.39 is 0 Å². The summed E-state index contributed by atoms with van der Waals surface area (Å²) in [6.07, 6.45) is 7.56. The Kier molecular flexibility index (Phi) is 4.95. The van der Waals surface area contributed by atoms with Crippen LogP contribution in [0, 0.1) is 0 Å². The molecule has 0 amide bonds. The molecular formula is C14H23N3. The number of nitrogens with one attached hydrogen (secondary N) is 1. The van der Waals surface area contributed by atoms with Gasteiger partial charge in [0.2, 0.25) is 0 Å². The molecule has 3 nitrogen and oxygen atoms in total. The maximum Gasteiger partial charge on any atom is 0.0270 e. The van der Waals surface area contributed by atoms with E-state index in [2.05, 4.69) is 34.3 Å². The van der Waals surface area contributed by atoms with Crippen LogP contribution in [0.3, 0.4) is 0 Å². The second kappa shape index (κ2) is 6.72. The van der Waals surface area contributed by atoms with Crippen LogP contribution in [0.2, 0.25) is 0 Å². The molecule has 17 heavy (non-hydrogen) atoms. The van der Waals surface area contributed by atoms with Crippen molar-refractivity contribution >= 4 is 0 Å². The Morgan fingerprint density at radius 2 is 2.24 bits per heavy atom. The van der Waals surface area contributed by atoms with Crippen molar-refractivity contribution < 1.29 is 0 Å². The third-order valence-corrected chi connectivity index (χ3v) is 3.46. The topological polar surface area (TPSA) is 28.2 Å². The summed E-state index contributed by atoms with van der Waals surface area (Å²) < 4.78 is 0. The minimum Gasteiger partial charge on any atom is -0.313 e. The molecule has 1 N–H and O–H groups in total. The fourth-order valence-electron chi connectivity index (χ4n) is 2.55. The lowest BCUT2D eigenvalue weighted by Crippen LogP contribution is -2.46. The molecule has 3 heteroatoms. The quantitative estimate of drug-likeness (QED) is 0.839. The third-order valence-electron chi connectivity index (χ3n) is 3.46. The number of nitrogens with zero attached hydrogens (tertiary/aromatic N) is 2. The Bertz CT molecular complexity index is 311. The Labute approximate surface area is 104 Å². The van der Waals surface area contributed by atoms with Crippen LogP contribution < -0.4 is 5.32 Å². The Morgan fingerprint density at radius 3 is 3.00 bits per heavy atom. The van der Waals surface area contributed by atoms with Crippen molar-refractivity contribution in [3.63, 3.8) is 0 Å². The van der Waals surface area contributed by atoms with Crippen molar-refractivity contribution in [3.8, 4) is 0 Å². The van der Waals surface area contributed by atoms with Gasteiger partial charge in [0, 0.05) is 31.5 Å². The summed E-state index contributed by atoms with van der Waals surface area (Å²) in [7, 11) is 0. The van der Waals surface area contributed by atoms with E-state index in [1.54, 1.807) is 0 Å². The minimum atomic E-state index is 0.700. The van der Waals surface area contributed by atoms with Crippen LogP contribution in [-0.2, 0) is 6.42 Å². The standard InChI is InChI=1S/C14H23N3/c1-2-16-14-4-3-10-17(12-14)11-7-13-5-8-15-9-6-13/h5-6,8-9,14,16H,2-4,7,10-12H2,1H3. The van der Waals surface area contributed by atoms with Crippen LogP contribution in [0.5, 0.6) is 0 Å². The molecule has 1 aliphatic heterocycles. The fourth-order valence-corrected chi connectivity index (χ4v) is 2.55. The molecule has 0 bridgehead atoms. The molecule has 0 saturated carbocycles. The molecule has 2 heterocycles. The van der Waals surface area contributed by atoms with Gasteiger partial charge in [-0.1, -0.05) is 6.92 Å². The van der Waals surface area contributed by atoms with Crippen molar-refractivity contribution in [2.24, 2.45) is 0 Å². The molecule has 1 aromatic rings. The largest absolute Gasteiger partial charge is 0.313 e. The maximum atomic E-state index is 4.05. The second-order valence-electron chi connectivity index (χ2n) is 4.80. The number of pyridine rings is 1. The van der Waals surface area contributed by atoms with E-state index in [4.69, 9.17) is 0 Å². The first-order valence-electron chi connectivity index (χ1n) is 6.73. The number of likely N-dealkylation sites (N-methyl/N-ethyl adjacent to an activating group) is 1. The van der Waals surface area contributed by atoms with E-state index in [1.807, 2.05) is 12.4 Å². The zero-order valence-corrected chi connectivity index (χ0v) is 10.7. The Balaban J connectivity index is 1.75. The fraction of sp³-hybridized carbons (Fsp3) is 0.643. The van der Waals surface area contributed by atoms with Gasteiger partial charge in [-0.2, -0.15) is 0 Å². The summed E-state index contributed by atoms with van der Waals surface area (Å²) in [5.41, 5.74) is 1.39. The average molecular weight is 233 g/mol. The molecule has 1 fully saturated rings. The Morgan fingerprint density at radius 1 is 1.41 bits per heavy atom. The highest BCUT2D eigenvalue weighted by molar-refractivity contribution is 5.09. The summed E-state index contributed by atoms with van der Waals surface area (Å²) >= 11 is 0. The lowest BCUT2D eigenvalue weighted by molar-refractivity contribution is 0.194. The molecule has 1 atom stereocenters. The van der Waals surface area contributed by atoms with Gasteiger partial charge in [-0.05, 0) is 50.0 Å². The van der Waals surface area contributed by atoms with E-state index >= 15 is 0 Å². The summed E-state index contributed by atoms with van der Waals surface area (Å²) in [5, 5.41) is 3.56. The molecule has 0 aromatic carbocycles. The first-order chi connectivity index (χ1) is 8.38. The molecule has 1 aromatic heterocycles. The second-order valence-corrected chi connectivity index (χ2v) is 4.80. The van der Waals surface area contributed by atoms with Crippen molar-refractivity contribution in [2.75, 3.05) is 26.2 Å². The number of hydrogen-bond acceptors (Lipinski definition) is 3. The van der Waals surface area contributed by atoms with Gasteiger partial charge < -0.3 is 10.2 Å². The first kappa shape index (κ1) is 12.5. The maximum absolute atomic E-state index is 4.05. The lowest BCUT2D eigenvalue weighted by Gasteiger charge is -2.33. The van der Waals surface area contributed by atoms with Crippen LogP contribution in [0.1, 0.15) is 25.3 Å². The highest BCUT2D eigenvalue weighted by Gasteiger charge is 2.18. The van der Waals surface area contributed by atoms with Gasteiger partial charge in [0.05, 0.1) is 0 Å². The van der Waals surface area contributed by atoms with Crippen LogP contribution in [0.4, 0.5) is 0 Å². The van der Waals surface area contributed by atoms with Gasteiger partial charge in [0.15, 0.2) is 0 Å². The van der Waals surface area contributed by atoms with Gasteiger partial charge in [-0.15, -0.1) is 0 Å². The smallest absolute Gasteiger partial charge is 0.0270 e. The van der Waals surface area contributed by atoms with Gasteiger partial charge in [0.25, 0.3) is 0 Å². The van der Waals surface area contributed by atoms with Crippen molar-refractivity contribution in [1.82, 2.24) is 15.2 Å². The number of piperidine rings is 1. The Hall–Kier alpha value is -0.930. The first-order valence-corrected chi connectivity index (χ1v) is 6.73. The normalized spacial score (nSPS) is 21.6. The number of aromatic nitrogens is 1. The molecule has 1 unspecified atom stereocenters. The van der Waals surface area contributed by atoms with Crippen LogP contribution >= 0.6 is 0 Å². The molecule has 1 aliphatic rings. The summed E-state index contributed by atoms with van der Waals surface area (Å²) in [6.45, 7) is 6.91. The zero-order valence-electron chi connectivity index (χ0n) is 10.7. The van der Waals surface area contributed by atoms with Crippen molar-refractivity contribution in [1.29, 1.82) is 0 Å². The predicted molar refractivity (Wildman–Crippen MR) is 71.1 cm³/mol. The van der Waals surface area contributed by atoms with E-state index in [1.165, 1.54) is 38.0 Å². The molecule has 0 aliphatic carbocycles. The zero-order chi connectivity index (χ0) is 11.9. The predicted octanol–water partition coefficient (Wildman–Crippen LogP) is 1.70. The molecule has 0 spiro atoms. The van der Waals surface area contributed by atoms with Gasteiger partial charge in [0.1, 0.15) is 0 Å². The monoisotopic (exact) mass is 233 g/mol. The van der Waals surface area contributed by atoms with Gasteiger partial charge >= 0.3 is 0 Å². The molecular weight excluding hydrogens is 210 g/mol. The number of hydrogen-bond donors (Lipinski definition) is 1.